The lowest BCUT2D eigenvalue weighted by molar-refractivity contribution is -0.138. The summed E-state index contributed by atoms with van der Waals surface area (Å²) in [5.41, 5.74) is 4.45. The molecule has 164 valence electrons. The normalized spacial score (nSPS) is 25.5. The van der Waals surface area contributed by atoms with E-state index in [-0.39, 0.29) is 35.5 Å². The van der Waals surface area contributed by atoms with E-state index in [1.165, 1.54) is 28.7 Å². The van der Waals surface area contributed by atoms with Crippen LogP contribution in [0, 0.1) is 23.7 Å². The average Bonchev–Trinajstić information content (AvgIpc) is 2.90. The topological polar surface area (TPSA) is 66.5 Å². The van der Waals surface area contributed by atoms with Gasteiger partial charge in [0.1, 0.15) is 0 Å². The van der Waals surface area contributed by atoms with Gasteiger partial charge in [0.15, 0.2) is 0 Å². The van der Waals surface area contributed by atoms with Crippen LogP contribution in [0.5, 0.6) is 0 Å². The first kappa shape index (κ1) is 23.8. The van der Waals surface area contributed by atoms with Crippen LogP contribution in [-0.4, -0.2) is 29.7 Å². The second-order valence-corrected chi connectivity index (χ2v) is 9.17. The van der Waals surface area contributed by atoms with E-state index < -0.39 is 0 Å². The number of amides is 3. The van der Waals surface area contributed by atoms with Crippen molar-refractivity contribution in [3.63, 3.8) is 0 Å². The summed E-state index contributed by atoms with van der Waals surface area (Å²) in [6.45, 7) is 12.4. The lowest BCUT2D eigenvalue weighted by atomic mass is 9.75. The van der Waals surface area contributed by atoms with Crippen molar-refractivity contribution in [3.8, 4) is 0 Å². The van der Waals surface area contributed by atoms with Gasteiger partial charge in [-0.2, -0.15) is 0 Å². The fraction of sp³-hybridized carbons (Fsp3) is 0.560. The second kappa shape index (κ2) is 10.1. The van der Waals surface area contributed by atoms with Gasteiger partial charge in [0.05, 0.1) is 11.8 Å². The third-order valence-electron chi connectivity index (χ3n) is 6.09. The largest absolute Gasteiger partial charge is 0.330 e. The summed E-state index contributed by atoms with van der Waals surface area (Å²) in [4.78, 5) is 38.4. The summed E-state index contributed by atoms with van der Waals surface area (Å²) in [5.74, 6) is -0.744. The van der Waals surface area contributed by atoms with Crippen LogP contribution in [0.3, 0.4) is 0 Å². The maximum absolute atomic E-state index is 12.8. The van der Waals surface area contributed by atoms with Crippen molar-refractivity contribution in [2.75, 3.05) is 7.05 Å². The van der Waals surface area contributed by atoms with Crippen molar-refractivity contribution in [3.05, 3.63) is 46.7 Å². The molecule has 2 aliphatic rings. The lowest BCUT2D eigenvalue weighted by Crippen LogP contribution is -2.36. The van der Waals surface area contributed by atoms with E-state index in [9.17, 15) is 14.4 Å². The third kappa shape index (κ3) is 5.59. The quantitative estimate of drug-likeness (QED) is 0.515. The molecule has 1 aliphatic heterocycles. The monoisotopic (exact) mass is 412 g/mol. The number of hydrogen-bond donors (Lipinski definition) is 1. The van der Waals surface area contributed by atoms with Crippen LogP contribution in [0.25, 0.3) is 0 Å². The van der Waals surface area contributed by atoms with E-state index in [1.807, 2.05) is 13.0 Å². The first-order chi connectivity index (χ1) is 14.0. The van der Waals surface area contributed by atoms with E-state index >= 15 is 0 Å². The van der Waals surface area contributed by atoms with Crippen LogP contribution in [0.15, 0.2) is 46.7 Å². The molecule has 0 bridgehead atoms. The molecule has 3 unspecified atom stereocenters. The maximum Gasteiger partial charge on any atom is 0.232 e. The van der Waals surface area contributed by atoms with E-state index in [4.69, 9.17) is 0 Å². The molecule has 0 radical (unpaired) electrons. The molecule has 2 rings (SSSR count). The van der Waals surface area contributed by atoms with Crippen LogP contribution in [0.2, 0.25) is 0 Å². The Morgan fingerprint density at radius 2 is 1.60 bits per heavy atom. The molecule has 1 N–H and O–H groups in total. The number of carbonyl (C=O) groups excluding carboxylic acids is 3. The Kier molecular flexibility index (Phi) is 7.99. The highest BCUT2D eigenvalue weighted by Crippen LogP contribution is 2.40. The molecule has 0 aromatic carbocycles. The van der Waals surface area contributed by atoms with Gasteiger partial charge in [0.2, 0.25) is 17.7 Å². The molecule has 0 spiro atoms. The number of likely N-dealkylation sites (tertiary alicyclic amines) is 1. The maximum atomic E-state index is 12.8. The summed E-state index contributed by atoms with van der Waals surface area (Å²) in [6, 6.07) is 0. The molecule has 3 atom stereocenters. The molecule has 1 saturated heterocycles. The van der Waals surface area contributed by atoms with Gasteiger partial charge in [0.25, 0.3) is 0 Å². The lowest BCUT2D eigenvalue weighted by Gasteiger charge is -2.27. The van der Waals surface area contributed by atoms with Crippen LogP contribution in [0.1, 0.15) is 60.8 Å². The standard InChI is InChI=1S/C25H36N2O3/c1-15(2)8-9-17(5)20(16(3)4)12-10-18(6)26-23(28)19-11-13-21-22(14-19)25(30)27(7)24(21)29/h8-10,12,16,19,21-22H,11,13-14H2,1-7H3,(H,26,28)/b17-9+,18-10+,20-12+. The van der Waals surface area contributed by atoms with E-state index in [0.29, 0.717) is 25.2 Å². The summed E-state index contributed by atoms with van der Waals surface area (Å²) in [6.07, 6.45) is 9.94. The first-order valence-electron chi connectivity index (χ1n) is 10.9. The van der Waals surface area contributed by atoms with Crippen molar-refractivity contribution in [2.24, 2.45) is 23.7 Å². The predicted molar refractivity (Wildman–Crippen MR) is 120 cm³/mol. The van der Waals surface area contributed by atoms with Crippen LogP contribution >= 0.6 is 0 Å². The number of fused-ring (bicyclic) bond motifs is 1. The highest BCUT2D eigenvalue weighted by molar-refractivity contribution is 6.05. The molecule has 5 nitrogen and oxygen atoms in total. The third-order valence-corrected chi connectivity index (χ3v) is 6.09. The summed E-state index contributed by atoms with van der Waals surface area (Å²) in [5, 5.41) is 2.99. The van der Waals surface area contributed by atoms with E-state index in [0.717, 1.165) is 5.70 Å². The molecule has 0 aromatic rings. The van der Waals surface area contributed by atoms with Crippen molar-refractivity contribution < 1.29 is 14.4 Å². The fourth-order valence-electron chi connectivity index (χ4n) is 4.30. The number of nitrogens with zero attached hydrogens (tertiary/aromatic N) is 1. The van der Waals surface area contributed by atoms with Crippen LogP contribution in [-0.2, 0) is 14.4 Å². The minimum Gasteiger partial charge on any atom is -0.330 e. The van der Waals surface area contributed by atoms with Crippen LogP contribution in [0.4, 0.5) is 0 Å². The Morgan fingerprint density at radius 1 is 0.967 bits per heavy atom. The molecular weight excluding hydrogens is 376 g/mol. The Balaban J connectivity index is 2.05. The SMILES string of the molecule is CC(C)=C/C=C(C)/C(=C/C=C(\C)NC(=O)C1CCC2C(=O)N(C)C(=O)C2C1)C(C)C. The van der Waals surface area contributed by atoms with E-state index in [1.54, 1.807) is 0 Å². The number of nitrogens with one attached hydrogen (secondary N) is 1. The molecule has 1 aliphatic carbocycles. The Morgan fingerprint density at radius 3 is 2.20 bits per heavy atom. The van der Waals surface area contributed by atoms with Crippen LogP contribution < -0.4 is 5.32 Å². The summed E-state index contributed by atoms with van der Waals surface area (Å²) < 4.78 is 0. The molecule has 30 heavy (non-hydrogen) atoms. The molecule has 0 aromatic heterocycles. The predicted octanol–water partition coefficient (Wildman–Crippen LogP) is 4.53. The molecular formula is C25H36N2O3. The second-order valence-electron chi connectivity index (χ2n) is 9.17. The van der Waals surface area contributed by atoms with Gasteiger partial charge >= 0.3 is 0 Å². The smallest absolute Gasteiger partial charge is 0.232 e. The fourth-order valence-corrected chi connectivity index (χ4v) is 4.30. The zero-order chi connectivity index (χ0) is 22.6. The van der Waals surface area contributed by atoms with Gasteiger partial charge in [-0.05, 0) is 70.1 Å². The molecule has 1 saturated carbocycles. The highest BCUT2D eigenvalue weighted by Gasteiger charge is 2.49. The van der Waals surface area contributed by atoms with Crippen molar-refractivity contribution >= 4 is 17.7 Å². The van der Waals surface area contributed by atoms with Gasteiger partial charge in [-0.15, -0.1) is 0 Å². The average molecular weight is 413 g/mol. The van der Waals surface area contributed by atoms with Crippen molar-refractivity contribution in [1.82, 2.24) is 10.2 Å². The Labute approximate surface area is 181 Å². The van der Waals surface area contributed by atoms with Gasteiger partial charge in [-0.25, -0.2) is 0 Å². The number of allylic oxidation sites excluding steroid dienone is 8. The first-order valence-corrected chi connectivity index (χ1v) is 10.9. The molecule has 5 heteroatoms. The molecule has 2 fully saturated rings. The molecule has 1 heterocycles. The highest BCUT2D eigenvalue weighted by atomic mass is 16.2. The molecule has 3 amide bonds. The van der Waals surface area contributed by atoms with Crippen molar-refractivity contribution in [1.29, 1.82) is 0 Å². The van der Waals surface area contributed by atoms with Crippen molar-refractivity contribution in [2.45, 2.75) is 60.8 Å². The Bertz CT molecular complexity index is 825. The number of carbonyl (C=O) groups is 3. The van der Waals surface area contributed by atoms with Gasteiger partial charge < -0.3 is 5.32 Å². The number of hydrogen-bond acceptors (Lipinski definition) is 3. The minimum atomic E-state index is -0.341. The summed E-state index contributed by atoms with van der Waals surface area (Å²) >= 11 is 0. The Hall–Kier alpha value is -2.43. The number of imide groups is 1. The zero-order valence-corrected chi connectivity index (χ0v) is 19.4. The van der Waals surface area contributed by atoms with Gasteiger partial charge in [-0.1, -0.05) is 37.6 Å². The van der Waals surface area contributed by atoms with E-state index in [2.05, 4.69) is 58.2 Å². The van der Waals surface area contributed by atoms with Gasteiger partial charge in [-0.3, -0.25) is 19.3 Å². The van der Waals surface area contributed by atoms with Gasteiger partial charge in [0, 0.05) is 18.7 Å². The zero-order valence-electron chi connectivity index (χ0n) is 19.4. The summed E-state index contributed by atoms with van der Waals surface area (Å²) in [7, 11) is 1.54. The number of rotatable bonds is 6. The minimum absolute atomic E-state index is 0.0618.